The van der Waals surface area contributed by atoms with Crippen LogP contribution in [0.2, 0.25) is 0 Å². The molecule has 1 saturated heterocycles. The van der Waals surface area contributed by atoms with Crippen LogP contribution < -0.4 is 0 Å². The summed E-state index contributed by atoms with van der Waals surface area (Å²) in [5.41, 5.74) is 4.27. The molecule has 1 aliphatic heterocycles. The Bertz CT molecular complexity index is 1350. The Morgan fingerprint density at radius 3 is 1.47 bits per heavy atom. The van der Waals surface area contributed by atoms with Crippen molar-refractivity contribution in [3.63, 3.8) is 0 Å². The maximum absolute atomic E-state index is 6.74. The van der Waals surface area contributed by atoms with E-state index in [-0.39, 0.29) is 0 Å². The lowest BCUT2D eigenvalue weighted by Crippen LogP contribution is -2.61. The van der Waals surface area contributed by atoms with Crippen LogP contribution in [-0.2, 0) is 54.8 Å². The Kier molecular flexibility index (Phi) is 13.4. The topological polar surface area (TPSA) is 55.4 Å². The van der Waals surface area contributed by atoms with Gasteiger partial charge in [0.2, 0.25) is 0 Å². The van der Waals surface area contributed by atoms with E-state index in [1.165, 1.54) is 0 Å². The lowest BCUT2D eigenvalue weighted by molar-refractivity contribution is -0.328. The van der Waals surface area contributed by atoms with Gasteiger partial charge in [0.05, 0.1) is 39.6 Å². The van der Waals surface area contributed by atoms with E-state index in [4.69, 9.17) is 28.4 Å². The maximum atomic E-state index is 6.74. The normalized spacial score (nSPS) is 21.4. The molecule has 1 aliphatic rings. The van der Waals surface area contributed by atoms with Gasteiger partial charge in [-0.2, -0.15) is 0 Å². The Balaban J connectivity index is 1.41. The smallest absolute Gasteiger partial charge is 0.186 e. The van der Waals surface area contributed by atoms with Gasteiger partial charge in [-0.1, -0.05) is 127 Å². The molecule has 236 valence electrons. The van der Waals surface area contributed by atoms with Crippen LogP contribution >= 0.6 is 0 Å². The number of unbranched alkanes of at least 4 members (excludes halogenated alkanes) is 1. The van der Waals surface area contributed by atoms with Crippen LogP contribution in [0.25, 0.3) is 0 Å². The minimum atomic E-state index is -0.679. The number of ether oxygens (including phenoxy) is 6. The van der Waals surface area contributed by atoms with Gasteiger partial charge in [0.15, 0.2) is 6.29 Å². The second-order valence-electron chi connectivity index (χ2n) is 11.1. The Morgan fingerprint density at radius 1 is 0.533 bits per heavy atom. The first-order valence-electron chi connectivity index (χ1n) is 15.8. The van der Waals surface area contributed by atoms with Crippen LogP contribution in [-0.4, -0.2) is 43.9 Å². The molecule has 0 bridgehead atoms. The van der Waals surface area contributed by atoms with Gasteiger partial charge >= 0.3 is 0 Å². The van der Waals surface area contributed by atoms with Gasteiger partial charge in [-0.25, -0.2) is 0 Å². The Labute approximate surface area is 267 Å². The minimum absolute atomic E-state index is 0.303. The van der Waals surface area contributed by atoms with Crippen molar-refractivity contribution in [1.82, 2.24) is 0 Å². The molecule has 45 heavy (non-hydrogen) atoms. The highest BCUT2D eigenvalue weighted by Crippen LogP contribution is 2.32. The predicted octanol–water partition coefficient (Wildman–Crippen LogP) is 7.67. The molecular weight excluding hydrogens is 564 g/mol. The molecule has 0 amide bonds. The first kappa shape index (κ1) is 32.8. The minimum Gasteiger partial charge on any atom is -0.374 e. The molecule has 0 spiro atoms. The van der Waals surface area contributed by atoms with E-state index in [2.05, 4.69) is 43.0 Å². The third kappa shape index (κ3) is 10.5. The molecule has 4 aromatic carbocycles. The quantitative estimate of drug-likeness (QED) is 0.0854. The van der Waals surface area contributed by atoms with E-state index in [1.807, 2.05) is 91.0 Å². The van der Waals surface area contributed by atoms with Gasteiger partial charge in [0.25, 0.3) is 0 Å². The maximum Gasteiger partial charge on any atom is 0.186 e. The standard InChI is InChI=1S/C39H44O6/c1-2-3-16-25-41-39-38(44-29-34-23-14-7-15-24-34)37(43-28-33-21-12-6-13-22-33)36(42-27-32-19-10-5-11-20-32)35(45-39)30-40-26-31-17-8-4-9-18-31/h2,4-15,17-24,35-39H,1,3,16,25-30H2/t35-,36-,37+,38-,39-/m1/s1. The lowest BCUT2D eigenvalue weighted by atomic mass is 9.97. The highest BCUT2D eigenvalue weighted by atomic mass is 16.7. The molecule has 0 unspecified atom stereocenters. The largest absolute Gasteiger partial charge is 0.374 e. The van der Waals surface area contributed by atoms with E-state index in [1.54, 1.807) is 0 Å². The average molecular weight is 609 g/mol. The van der Waals surface area contributed by atoms with Crippen molar-refractivity contribution >= 4 is 0 Å². The second-order valence-corrected chi connectivity index (χ2v) is 11.1. The lowest BCUT2D eigenvalue weighted by Gasteiger charge is -2.46. The molecule has 6 nitrogen and oxygen atoms in total. The highest BCUT2D eigenvalue weighted by Gasteiger charge is 2.49. The number of rotatable bonds is 18. The summed E-state index contributed by atoms with van der Waals surface area (Å²) in [6.45, 7) is 6.28. The van der Waals surface area contributed by atoms with E-state index in [0.29, 0.717) is 39.6 Å². The second kappa shape index (κ2) is 18.4. The summed E-state index contributed by atoms with van der Waals surface area (Å²) in [5.74, 6) is 0. The summed E-state index contributed by atoms with van der Waals surface area (Å²) in [5, 5.41) is 0. The molecule has 0 saturated carbocycles. The first-order chi connectivity index (χ1) is 22.3. The molecule has 1 fully saturated rings. The number of allylic oxidation sites excluding steroid dienone is 1. The van der Waals surface area contributed by atoms with Crippen molar-refractivity contribution in [3.8, 4) is 0 Å². The van der Waals surface area contributed by atoms with Gasteiger partial charge in [-0.05, 0) is 35.1 Å². The van der Waals surface area contributed by atoms with Crippen LogP contribution in [0, 0.1) is 0 Å². The Morgan fingerprint density at radius 2 is 0.978 bits per heavy atom. The summed E-state index contributed by atoms with van der Waals surface area (Å²) < 4.78 is 39.4. The molecule has 5 rings (SSSR count). The summed E-state index contributed by atoms with van der Waals surface area (Å²) in [6.07, 6.45) is 0.896. The van der Waals surface area contributed by atoms with Crippen LogP contribution in [0.1, 0.15) is 35.1 Å². The van der Waals surface area contributed by atoms with Crippen molar-refractivity contribution in [1.29, 1.82) is 0 Å². The van der Waals surface area contributed by atoms with Crippen molar-refractivity contribution in [3.05, 3.63) is 156 Å². The number of benzene rings is 4. The fourth-order valence-electron chi connectivity index (χ4n) is 5.31. The number of hydrogen-bond acceptors (Lipinski definition) is 6. The zero-order valence-electron chi connectivity index (χ0n) is 25.8. The third-order valence-corrected chi connectivity index (χ3v) is 7.68. The molecule has 0 aliphatic carbocycles. The van der Waals surface area contributed by atoms with Crippen LogP contribution in [0.5, 0.6) is 0 Å². The SMILES string of the molecule is C=CCCCO[C@@H]1O[C@H](COCc2ccccc2)[C@@H](OCc2ccccc2)[C@H](OCc2ccccc2)[C@H]1OCc1ccccc1. The van der Waals surface area contributed by atoms with E-state index >= 15 is 0 Å². The van der Waals surface area contributed by atoms with Gasteiger partial charge in [-0.3, -0.25) is 0 Å². The van der Waals surface area contributed by atoms with E-state index < -0.39 is 30.7 Å². The van der Waals surface area contributed by atoms with Crippen LogP contribution in [0.15, 0.2) is 134 Å². The molecule has 1 heterocycles. The molecule has 0 N–H and O–H groups in total. The first-order valence-corrected chi connectivity index (χ1v) is 15.8. The molecule has 4 aromatic rings. The molecular formula is C39H44O6. The zero-order chi connectivity index (χ0) is 30.9. The molecule has 0 aromatic heterocycles. The Hall–Kier alpha value is -3.62. The number of hydrogen-bond donors (Lipinski definition) is 0. The van der Waals surface area contributed by atoms with Crippen LogP contribution in [0.3, 0.4) is 0 Å². The zero-order valence-corrected chi connectivity index (χ0v) is 25.8. The van der Waals surface area contributed by atoms with Gasteiger partial charge in [-0.15, -0.1) is 6.58 Å². The summed E-state index contributed by atoms with van der Waals surface area (Å²) in [7, 11) is 0. The third-order valence-electron chi connectivity index (χ3n) is 7.68. The summed E-state index contributed by atoms with van der Waals surface area (Å²) in [6, 6.07) is 40.5. The average Bonchev–Trinajstić information content (AvgIpc) is 3.10. The van der Waals surface area contributed by atoms with Gasteiger partial charge in [0.1, 0.15) is 24.4 Å². The fraction of sp³-hybridized carbons (Fsp3) is 0.333. The summed E-state index contributed by atoms with van der Waals surface area (Å²) in [4.78, 5) is 0. The fourth-order valence-corrected chi connectivity index (χ4v) is 5.31. The van der Waals surface area contributed by atoms with Crippen LogP contribution in [0.4, 0.5) is 0 Å². The monoisotopic (exact) mass is 608 g/mol. The predicted molar refractivity (Wildman–Crippen MR) is 175 cm³/mol. The molecule has 0 radical (unpaired) electrons. The highest BCUT2D eigenvalue weighted by molar-refractivity contribution is 5.16. The molecule has 6 heteroatoms. The van der Waals surface area contributed by atoms with Crippen molar-refractivity contribution < 1.29 is 28.4 Å². The van der Waals surface area contributed by atoms with Crippen molar-refractivity contribution in [2.24, 2.45) is 0 Å². The van der Waals surface area contributed by atoms with Crippen molar-refractivity contribution in [2.45, 2.75) is 70.0 Å². The van der Waals surface area contributed by atoms with Gasteiger partial charge < -0.3 is 28.4 Å². The van der Waals surface area contributed by atoms with E-state index in [9.17, 15) is 0 Å². The van der Waals surface area contributed by atoms with Gasteiger partial charge in [0, 0.05) is 0 Å². The van der Waals surface area contributed by atoms with E-state index in [0.717, 1.165) is 35.1 Å². The summed E-state index contributed by atoms with van der Waals surface area (Å²) >= 11 is 0. The van der Waals surface area contributed by atoms with Crippen molar-refractivity contribution in [2.75, 3.05) is 13.2 Å². The molecule has 5 atom stereocenters.